The van der Waals surface area contributed by atoms with Gasteiger partial charge in [-0.1, -0.05) is 203 Å². The predicted molar refractivity (Wildman–Crippen MR) is 468 cm³/mol. The van der Waals surface area contributed by atoms with Crippen molar-refractivity contribution in [1.82, 2.24) is 44.0 Å². The minimum absolute atomic E-state index is 0.0469. The molecule has 23 nitrogen and oxygen atoms in total. The molecule has 6 saturated heterocycles. The summed E-state index contributed by atoms with van der Waals surface area (Å²) in [6, 6.07) is 51.4. The summed E-state index contributed by atoms with van der Waals surface area (Å²) in [5.74, 6) is 0.791. The van der Waals surface area contributed by atoms with Crippen LogP contribution in [0.5, 0.6) is 17.2 Å². The van der Waals surface area contributed by atoms with E-state index in [2.05, 4.69) is 20.8 Å². The number of carbonyl (C=O) groups excluding carboxylic acids is 3. The van der Waals surface area contributed by atoms with Crippen LogP contribution >= 0.6 is 71.9 Å². The number of hydrogen-bond acceptors (Lipinski definition) is 22. The molecule has 115 heavy (non-hydrogen) atoms. The van der Waals surface area contributed by atoms with Gasteiger partial charge in [-0.2, -0.15) is 15.3 Å². The lowest BCUT2D eigenvalue weighted by Gasteiger charge is -2.20. The molecule has 6 aliphatic heterocycles. The molecule has 3 aromatic heterocycles. The number of unbranched alkanes of at least 4 members (excludes halogenated alkanes) is 3. The highest BCUT2D eigenvalue weighted by Crippen LogP contribution is 2.42. The number of nitrogens with zero attached hydrogens (tertiary/aromatic N) is 9. The van der Waals surface area contributed by atoms with E-state index in [1.807, 2.05) is 182 Å². The Morgan fingerprint density at radius 2 is 0.696 bits per heavy atom. The molecule has 32 heteroatoms. The van der Waals surface area contributed by atoms with E-state index < -0.39 is 53.6 Å². The van der Waals surface area contributed by atoms with Crippen molar-refractivity contribution in [2.24, 2.45) is 0 Å². The van der Waals surface area contributed by atoms with E-state index >= 15 is 0 Å². The van der Waals surface area contributed by atoms with Crippen molar-refractivity contribution >= 4 is 156 Å². The summed E-state index contributed by atoms with van der Waals surface area (Å²) in [6.45, 7) is 9.38. The fourth-order valence-corrected chi connectivity index (χ4v) is 22.5. The van der Waals surface area contributed by atoms with Gasteiger partial charge in [0.25, 0.3) is 23.7 Å². The van der Waals surface area contributed by atoms with Crippen LogP contribution in [0.1, 0.15) is 102 Å². The third-order valence-electron chi connectivity index (χ3n) is 19.0. The second-order valence-electron chi connectivity index (χ2n) is 27.7. The zero-order valence-electron chi connectivity index (χ0n) is 63.5. The van der Waals surface area contributed by atoms with Crippen LogP contribution in [-0.4, -0.2) is 184 Å². The number of hydrogen-bond donors (Lipinski definition) is 1. The van der Waals surface area contributed by atoms with Gasteiger partial charge >= 0.3 is 0 Å². The molecule has 9 aromatic rings. The molecule has 3 unspecified atom stereocenters. The molecule has 6 aromatic carbocycles. The van der Waals surface area contributed by atoms with Crippen LogP contribution in [0.15, 0.2) is 197 Å². The largest absolute Gasteiger partial charge is 0.494 e. The maximum Gasteiger partial charge on any atom is 0.300 e. The molecule has 6 fully saturated rings. The van der Waals surface area contributed by atoms with Crippen LogP contribution in [-0.2, 0) is 48.7 Å². The standard InChI is InChI=1S/3C27H27N3O4S3.C2H4O2/c3*1-2-3-13-34-23-11-7-8-19(15-23)25-20(17-29(28-25)21-9-5-4-6-10-21)16-24-26(31)30(27(35)36-24)22-12-14-37(32,33)18-22;1-2(3)4/h3*4-11,15-17,22H,2-3,12-14,18H2,1H3;1H3,(H,3,4)/b3*24-16-;. The molecule has 3 atom stereocenters. The second-order valence-corrected chi connectivity index (χ2v) is 39.4. The van der Waals surface area contributed by atoms with Crippen molar-refractivity contribution in [3.8, 4) is 68.1 Å². The van der Waals surface area contributed by atoms with Crippen LogP contribution in [0.25, 0.3) is 69.1 Å². The van der Waals surface area contributed by atoms with Gasteiger partial charge in [0.2, 0.25) is 0 Å². The van der Waals surface area contributed by atoms with E-state index in [0.29, 0.717) is 83.8 Å². The number of ether oxygens (including phenoxy) is 3. The summed E-state index contributed by atoms with van der Waals surface area (Å²) in [7, 11) is -9.44. The molecule has 0 saturated carbocycles. The van der Waals surface area contributed by atoms with E-state index in [0.717, 1.165) is 113 Å². The third kappa shape index (κ3) is 21.8. The summed E-state index contributed by atoms with van der Waals surface area (Å²) >= 11 is 20.1. The quantitative estimate of drug-likeness (QED) is 0.0334. The van der Waals surface area contributed by atoms with E-state index in [4.69, 9.17) is 76.1 Å². The maximum absolute atomic E-state index is 13.4. The summed E-state index contributed by atoms with van der Waals surface area (Å²) < 4.78 is 96.3. The van der Waals surface area contributed by atoms with E-state index in [1.54, 1.807) is 32.3 Å². The molecule has 0 aliphatic carbocycles. The zero-order chi connectivity index (χ0) is 81.6. The lowest BCUT2D eigenvalue weighted by molar-refractivity contribution is -0.134. The number of carboxylic acid groups (broad SMARTS) is 1. The number of carbonyl (C=O) groups is 4. The smallest absolute Gasteiger partial charge is 0.300 e. The Morgan fingerprint density at radius 3 is 0.930 bits per heavy atom. The Hall–Kier alpha value is -9.38. The number of carboxylic acids is 1. The normalized spacial score (nSPS) is 19.7. The van der Waals surface area contributed by atoms with Crippen LogP contribution in [0.2, 0.25) is 0 Å². The average molecular weight is 1720 g/mol. The van der Waals surface area contributed by atoms with Gasteiger partial charge in [0.1, 0.15) is 47.3 Å². The van der Waals surface area contributed by atoms with Crippen molar-refractivity contribution in [2.75, 3.05) is 54.3 Å². The van der Waals surface area contributed by atoms with Crippen molar-refractivity contribution in [3.05, 3.63) is 214 Å². The fourth-order valence-electron chi connectivity index (χ4n) is 13.2. The Bertz CT molecular complexity index is 5040. The molecule has 15 rings (SSSR count). The molecule has 0 bridgehead atoms. The molecule has 600 valence electrons. The Morgan fingerprint density at radius 1 is 0.435 bits per heavy atom. The highest BCUT2D eigenvalue weighted by Gasteiger charge is 2.45. The lowest BCUT2D eigenvalue weighted by Crippen LogP contribution is -2.39. The van der Waals surface area contributed by atoms with Crippen molar-refractivity contribution in [3.63, 3.8) is 0 Å². The predicted octanol–water partition coefficient (Wildman–Crippen LogP) is 15.4. The van der Waals surface area contributed by atoms with E-state index in [9.17, 15) is 39.6 Å². The van der Waals surface area contributed by atoms with Crippen LogP contribution in [0.4, 0.5) is 0 Å². The Labute approximate surface area is 698 Å². The molecule has 9 heterocycles. The first-order valence-electron chi connectivity index (χ1n) is 37.5. The topological polar surface area (TPSA) is 282 Å². The van der Waals surface area contributed by atoms with E-state index in [1.165, 1.54) is 50.0 Å². The first-order chi connectivity index (χ1) is 55.3. The number of aromatic nitrogens is 6. The van der Waals surface area contributed by atoms with Crippen LogP contribution in [0.3, 0.4) is 0 Å². The number of thiocarbonyl (C=S) groups is 3. The monoisotopic (exact) mass is 1720 g/mol. The van der Waals surface area contributed by atoms with Gasteiger partial charge in [-0.15, -0.1) is 0 Å². The number of para-hydroxylation sites is 3. The highest BCUT2D eigenvalue weighted by atomic mass is 32.2. The van der Waals surface area contributed by atoms with Crippen LogP contribution in [0, 0.1) is 0 Å². The number of rotatable bonds is 24. The maximum atomic E-state index is 13.4. The number of sulfone groups is 3. The Kier molecular flexibility index (Phi) is 28.5. The van der Waals surface area contributed by atoms with Gasteiger partial charge in [0, 0.05) is 58.9 Å². The van der Waals surface area contributed by atoms with Gasteiger partial charge in [0.15, 0.2) is 29.5 Å². The molecular formula is C83H85N9O14S9. The zero-order valence-corrected chi connectivity index (χ0v) is 70.8. The summed E-state index contributed by atoms with van der Waals surface area (Å²) in [6.07, 6.45) is 18.4. The van der Waals surface area contributed by atoms with Crippen molar-refractivity contribution in [1.29, 1.82) is 0 Å². The number of thioether (sulfide) groups is 3. The van der Waals surface area contributed by atoms with Gasteiger partial charge in [-0.05, 0) is 130 Å². The number of aliphatic carboxylic acids is 1. The third-order valence-corrected chi connectivity index (χ3v) is 28.2. The number of benzene rings is 6. The molecule has 0 radical (unpaired) electrons. The van der Waals surface area contributed by atoms with Crippen molar-refractivity contribution < 1.29 is 63.7 Å². The highest BCUT2D eigenvalue weighted by molar-refractivity contribution is 8.27. The van der Waals surface area contributed by atoms with E-state index in [-0.39, 0.29) is 52.2 Å². The first kappa shape index (κ1) is 85.0. The second kappa shape index (κ2) is 38.6. The number of amides is 3. The van der Waals surface area contributed by atoms with Gasteiger partial charge in [-0.3, -0.25) is 33.9 Å². The Balaban J connectivity index is 0.000000155. The minimum Gasteiger partial charge on any atom is -0.494 e. The van der Waals surface area contributed by atoms with Crippen molar-refractivity contribution in [2.45, 2.75) is 104 Å². The molecular weight excluding hydrogens is 1640 g/mol. The van der Waals surface area contributed by atoms with Gasteiger partial charge < -0.3 is 19.3 Å². The molecule has 6 aliphatic rings. The minimum atomic E-state index is -3.15. The van der Waals surface area contributed by atoms with Gasteiger partial charge in [0.05, 0.1) is 104 Å². The first-order valence-corrected chi connectivity index (χ1v) is 46.7. The average Bonchev–Trinajstić information content (AvgIpc) is 1.63. The summed E-state index contributed by atoms with van der Waals surface area (Å²) in [5.41, 5.74) is 9.67. The molecule has 1 N–H and O–H groups in total. The molecule has 0 spiro atoms. The molecule has 3 amide bonds. The van der Waals surface area contributed by atoms with Crippen LogP contribution < -0.4 is 14.2 Å². The van der Waals surface area contributed by atoms with Gasteiger partial charge in [-0.25, -0.2) is 39.3 Å². The summed E-state index contributed by atoms with van der Waals surface area (Å²) in [4.78, 5) is 54.8. The summed E-state index contributed by atoms with van der Waals surface area (Å²) in [5, 5.41) is 22.0. The SMILES string of the molecule is CC(=O)O.CCCCOc1cccc(-c2nn(-c3ccccc3)cc2/C=C2\SC(=S)N(C3CCS(=O)(=O)C3)C2=O)c1.CCCCOc1cccc(-c2nn(-c3ccccc3)cc2/C=C2\SC(=S)N(C3CCS(=O)(=O)C3)C2=O)c1.CCCCOc1cccc(-c2nn(-c3ccccc3)cc2/C=C2\SC(=S)N(C3CCS(=O)(=O)C3)C2=O)c1. The lowest BCUT2D eigenvalue weighted by atomic mass is 10.1. The fraction of sp³-hybridized carbons (Fsp3) is 0.301.